The molecular formula is C27H27FN4O2. The fourth-order valence-electron chi connectivity index (χ4n) is 4.83. The number of amides is 1. The van der Waals surface area contributed by atoms with Gasteiger partial charge in [0.15, 0.2) is 11.6 Å². The highest BCUT2D eigenvalue weighted by atomic mass is 19.1. The molecule has 0 unspecified atom stereocenters. The highest BCUT2D eigenvalue weighted by Crippen LogP contribution is 2.38. The Kier molecular flexibility index (Phi) is 6.09. The Morgan fingerprint density at radius 3 is 2.53 bits per heavy atom. The van der Waals surface area contributed by atoms with Crippen LogP contribution in [-0.4, -0.2) is 40.8 Å². The van der Waals surface area contributed by atoms with E-state index < -0.39 is 0 Å². The summed E-state index contributed by atoms with van der Waals surface area (Å²) in [6.07, 6.45) is 5.43. The fourth-order valence-corrected chi connectivity index (χ4v) is 4.83. The summed E-state index contributed by atoms with van der Waals surface area (Å²) in [7, 11) is 0. The van der Waals surface area contributed by atoms with Gasteiger partial charge >= 0.3 is 0 Å². The van der Waals surface area contributed by atoms with Crippen LogP contribution in [0.5, 0.6) is 0 Å². The second-order valence-electron chi connectivity index (χ2n) is 8.85. The molecule has 0 spiro atoms. The van der Waals surface area contributed by atoms with Crippen molar-refractivity contribution in [1.82, 2.24) is 9.97 Å². The summed E-state index contributed by atoms with van der Waals surface area (Å²) in [4.78, 5) is 38.5. The number of hydrogen-bond donors (Lipinski definition) is 0. The number of likely N-dealkylation sites (N-methyl/N-ethyl adjacent to an activating group) is 1. The SMILES string of the molecule is CCN1C(=O)[C@H]2CCCN2c2nc(CCc3ccc(CC(=O)c4ccc(F)cc4)cc3)ncc21. The molecule has 2 aliphatic heterocycles. The van der Waals surface area contributed by atoms with E-state index in [2.05, 4.69) is 9.88 Å². The van der Waals surface area contributed by atoms with Crippen LogP contribution in [0.4, 0.5) is 15.9 Å². The predicted octanol–water partition coefficient (Wildman–Crippen LogP) is 4.16. The lowest BCUT2D eigenvalue weighted by Gasteiger charge is -2.37. The quantitative estimate of drug-likeness (QED) is 0.498. The van der Waals surface area contributed by atoms with Crippen molar-refractivity contribution in [1.29, 1.82) is 0 Å². The molecule has 174 valence electrons. The first-order valence-corrected chi connectivity index (χ1v) is 11.8. The number of Topliss-reactive ketones (excluding diaryl/α,β-unsaturated/α-hetero) is 1. The third-order valence-electron chi connectivity index (χ3n) is 6.67. The van der Waals surface area contributed by atoms with E-state index in [-0.39, 0.29) is 30.0 Å². The van der Waals surface area contributed by atoms with Crippen LogP contribution in [0.25, 0.3) is 0 Å². The molecule has 1 atom stereocenters. The average Bonchev–Trinajstić information content (AvgIpc) is 3.35. The zero-order valence-electron chi connectivity index (χ0n) is 19.2. The van der Waals surface area contributed by atoms with Gasteiger partial charge in [-0.3, -0.25) is 9.59 Å². The molecule has 3 heterocycles. The molecule has 0 radical (unpaired) electrons. The number of anilines is 2. The fraction of sp³-hybridized carbons (Fsp3) is 0.333. The molecule has 1 amide bonds. The summed E-state index contributed by atoms with van der Waals surface area (Å²) in [5.74, 6) is 1.42. The molecular weight excluding hydrogens is 431 g/mol. The van der Waals surface area contributed by atoms with Crippen molar-refractivity contribution < 1.29 is 14.0 Å². The van der Waals surface area contributed by atoms with Gasteiger partial charge < -0.3 is 9.80 Å². The van der Waals surface area contributed by atoms with E-state index in [0.29, 0.717) is 18.5 Å². The molecule has 1 fully saturated rings. The summed E-state index contributed by atoms with van der Waals surface area (Å²) < 4.78 is 13.1. The van der Waals surface area contributed by atoms with Gasteiger partial charge in [-0.15, -0.1) is 0 Å². The Morgan fingerprint density at radius 2 is 1.79 bits per heavy atom. The molecule has 34 heavy (non-hydrogen) atoms. The predicted molar refractivity (Wildman–Crippen MR) is 129 cm³/mol. The Labute approximate surface area is 198 Å². The summed E-state index contributed by atoms with van der Waals surface area (Å²) in [6.45, 7) is 3.46. The first kappa shape index (κ1) is 22.2. The van der Waals surface area contributed by atoms with Crippen molar-refractivity contribution in [3.8, 4) is 0 Å². The van der Waals surface area contributed by atoms with Crippen LogP contribution in [0.15, 0.2) is 54.7 Å². The summed E-state index contributed by atoms with van der Waals surface area (Å²) in [5, 5.41) is 0. The number of aryl methyl sites for hydroxylation is 2. The monoisotopic (exact) mass is 458 g/mol. The topological polar surface area (TPSA) is 66.4 Å². The second kappa shape index (κ2) is 9.33. The largest absolute Gasteiger partial charge is 0.343 e. The lowest BCUT2D eigenvalue weighted by atomic mass is 10.0. The van der Waals surface area contributed by atoms with Crippen LogP contribution >= 0.6 is 0 Å². The highest BCUT2D eigenvalue weighted by molar-refractivity contribution is 6.04. The van der Waals surface area contributed by atoms with Crippen molar-refractivity contribution in [3.63, 3.8) is 0 Å². The van der Waals surface area contributed by atoms with E-state index >= 15 is 0 Å². The lowest BCUT2D eigenvalue weighted by molar-refractivity contribution is -0.119. The number of hydrogen-bond acceptors (Lipinski definition) is 5. The molecule has 2 aromatic carbocycles. The molecule has 0 N–H and O–H groups in total. The Balaban J connectivity index is 1.24. The average molecular weight is 459 g/mol. The van der Waals surface area contributed by atoms with Gasteiger partial charge in [0.2, 0.25) is 5.91 Å². The lowest BCUT2D eigenvalue weighted by Crippen LogP contribution is -2.51. The van der Waals surface area contributed by atoms with Crippen LogP contribution in [0.1, 0.15) is 47.1 Å². The maximum absolute atomic E-state index is 13.1. The van der Waals surface area contributed by atoms with E-state index in [4.69, 9.17) is 4.98 Å². The van der Waals surface area contributed by atoms with E-state index in [1.54, 1.807) is 11.1 Å². The van der Waals surface area contributed by atoms with Gasteiger partial charge in [0.25, 0.3) is 0 Å². The van der Waals surface area contributed by atoms with E-state index in [9.17, 15) is 14.0 Å². The third kappa shape index (κ3) is 4.30. The van der Waals surface area contributed by atoms with E-state index in [1.807, 2.05) is 31.2 Å². The van der Waals surface area contributed by atoms with Crippen LogP contribution in [0.3, 0.4) is 0 Å². The Hall–Kier alpha value is -3.61. The zero-order chi connectivity index (χ0) is 23.7. The van der Waals surface area contributed by atoms with E-state index in [0.717, 1.165) is 54.3 Å². The molecule has 7 heteroatoms. The number of fused-ring (bicyclic) bond motifs is 3. The van der Waals surface area contributed by atoms with E-state index in [1.165, 1.54) is 24.3 Å². The first-order chi connectivity index (χ1) is 16.5. The molecule has 5 rings (SSSR count). The molecule has 0 aliphatic carbocycles. The van der Waals surface area contributed by atoms with Crippen molar-refractivity contribution in [2.45, 2.75) is 45.1 Å². The summed E-state index contributed by atoms with van der Waals surface area (Å²) in [5.41, 5.74) is 3.39. The maximum atomic E-state index is 13.1. The van der Waals surface area contributed by atoms with Crippen molar-refractivity contribution in [2.75, 3.05) is 22.9 Å². The summed E-state index contributed by atoms with van der Waals surface area (Å²) >= 11 is 0. The van der Waals surface area contributed by atoms with Gasteiger partial charge in [-0.1, -0.05) is 24.3 Å². The normalized spacial score (nSPS) is 17.0. The number of nitrogens with zero attached hydrogens (tertiary/aromatic N) is 4. The number of aromatic nitrogens is 2. The number of carbonyl (C=O) groups is 2. The third-order valence-corrected chi connectivity index (χ3v) is 6.67. The molecule has 3 aromatic rings. The van der Waals surface area contributed by atoms with Crippen molar-refractivity contribution >= 4 is 23.2 Å². The van der Waals surface area contributed by atoms with Crippen LogP contribution in [-0.2, 0) is 24.1 Å². The smallest absolute Gasteiger partial charge is 0.249 e. The molecule has 1 aromatic heterocycles. The van der Waals surface area contributed by atoms with Gasteiger partial charge in [-0.2, -0.15) is 0 Å². The minimum absolute atomic E-state index is 0.0324. The molecule has 0 bridgehead atoms. The minimum atomic E-state index is -0.347. The number of benzene rings is 2. The highest BCUT2D eigenvalue weighted by Gasteiger charge is 2.41. The standard InChI is InChI=1S/C27H27FN4O2/c1-2-31-23-17-29-25(30-26(23)32-15-3-4-22(32)27(31)34)14-9-18-5-7-19(8-6-18)16-24(33)20-10-12-21(28)13-11-20/h5-8,10-13,17,22H,2-4,9,14-16H2,1H3/t22-/m1/s1. The van der Waals surface area contributed by atoms with Crippen LogP contribution in [0, 0.1) is 5.82 Å². The van der Waals surface area contributed by atoms with Crippen LogP contribution in [0.2, 0.25) is 0 Å². The Morgan fingerprint density at radius 1 is 1.06 bits per heavy atom. The van der Waals surface area contributed by atoms with Gasteiger partial charge in [0, 0.05) is 31.5 Å². The number of carbonyl (C=O) groups excluding carboxylic acids is 2. The van der Waals surface area contributed by atoms with Crippen molar-refractivity contribution in [3.05, 3.63) is 83.1 Å². The molecule has 1 saturated heterocycles. The minimum Gasteiger partial charge on any atom is -0.343 e. The molecule has 2 aliphatic rings. The van der Waals surface area contributed by atoms with Crippen molar-refractivity contribution in [2.24, 2.45) is 0 Å². The Bertz CT molecular complexity index is 1210. The van der Waals surface area contributed by atoms with Crippen LogP contribution < -0.4 is 9.80 Å². The molecule has 0 saturated carbocycles. The maximum Gasteiger partial charge on any atom is 0.249 e. The molecule has 6 nitrogen and oxygen atoms in total. The summed E-state index contributed by atoms with van der Waals surface area (Å²) in [6, 6.07) is 13.5. The number of halogens is 1. The zero-order valence-corrected chi connectivity index (χ0v) is 19.2. The second-order valence-corrected chi connectivity index (χ2v) is 8.85. The van der Waals surface area contributed by atoms with Gasteiger partial charge in [-0.25, -0.2) is 14.4 Å². The first-order valence-electron chi connectivity index (χ1n) is 11.8. The van der Waals surface area contributed by atoms with Gasteiger partial charge in [0.1, 0.15) is 23.4 Å². The number of ketones is 1. The van der Waals surface area contributed by atoms with Gasteiger partial charge in [-0.05, 0) is 61.6 Å². The number of rotatable bonds is 7. The van der Waals surface area contributed by atoms with Gasteiger partial charge in [0.05, 0.1) is 6.20 Å².